The Morgan fingerprint density at radius 1 is 1.43 bits per heavy atom. The number of benzene rings is 1. The smallest absolute Gasteiger partial charge is 0.229 e. The van der Waals surface area contributed by atoms with Crippen molar-refractivity contribution in [1.29, 1.82) is 0 Å². The predicted molar refractivity (Wildman–Crippen MR) is 89.7 cm³/mol. The molecule has 2 aromatic rings. The largest absolute Gasteiger partial charge is 0.326 e. The molecule has 1 saturated carbocycles. The summed E-state index contributed by atoms with van der Waals surface area (Å²) >= 11 is 0. The number of amides is 1. The van der Waals surface area contributed by atoms with E-state index in [0.29, 0.717) is 5.82 Å². The Balaban J connectivity index is 1.76. The van der Waals surface area contributed by atoms with Crippen molar-refractivity contribution in [1.82, 2.24) is 15.2 Å². The number of carbonyl (C=O) groups excluding carboxylic acids is 1. The van der Waals surface area contributed by atoms with E-state index in [1.54, 1.807) is 0 Å². The maximum Gasteiger partial charge on any atom is 0.229 e. The van der Waals surface area contributed by atoms with E-state index in [0.717, 1.165) is 42.8 Å². The summed E-state index contributed by atoms with van der Waals surface area (Å²) in [6, 6.07) is 7.57. The highest BCUT2D eigenvalue weighted by molar-refractivity contribution is 5.94. The van der Waals surface area contributed by atoms with Crippen LogP contribution in [0, 0.1) is 12.8 Å². The zero-order chi connectivity index (χ0) is 16.4. The lowest BCUT2D eigenvalue weighted by Crippen LogP contribution is -2.51. The Labute approximate surface area is 135 Å². The molecule has 2 atom stereocenters. The summed E-state index contributed by atoms with van der Waals surface area (Å²) in [5.41, 5.74) is 7.50. The number of anilines is 1. The summed E-state index contributed by atoms with van der Waals surface area (Å²) in [5.74, 6) is 1.24. The number of H-pyrrole nitrogens is 1. The van der Waals surface area contributed by atoms with Crippen LogP contribution in [-0.2, 0) is 4.79 Å². The Kier molecular flexibility index (Phi) is 4.17. The maximum atomic E-state index is 12.6. The lowest BCUT2D eigenvalue weighted by atomic mass is 9.74. The molecule has 3 rings (SSSR count). The number of aryl methyl sites for hydroxylation is 1. The van der Waals surface area contributed by atoms with Gasteiger partial charge in [0.25, 0.3) is 0 Å². The number of aromatic nitrogens is 3. The van der Waals surface area contributed by atoms with Gasteiger partial charge in [-0.2, -0.15) is 5.10 Å². The van der Waals surface area contributed by atoms with E-state index in [2.05, 4.69) is 20.5 Å². The molecule has 4 N–H and O–H groups in total. The van der Waals surface area contributed by atoms with E-state index < -0.39 is 5.54 Å². The number of hydrogen-bond donors (Lipinski definition) is 3. The van der Waals surface area contributed by atoms with Crippen LogP contribution in [0.5, 0.6) is 0 Å². The molecule has 1 fully saturated rings. The topological polar surface area (TPSA) is 96.7 Å². The summed E-state index contributed by atoms with van der Waals surface area (Å²) in [4.78, 5) is 16.9. The number of nitrogens with one attached hydrogen (secondary N) is 2. The number of nitrogens with two attached hydrogens (primary N) is 1. The monoisotopic (exact) mass is 313 g/mol. The quantitative estimate of drug-likeness (QED) is 0.811. The van der Waals surface area contributed by atoms with Crippen molar-refractivity contribution in [3.63, 3.8) is 0 Å². The lowest BCUT2D eigenvalue weighted by molar-refractivity contribution is -0.122. The molecule has 1 aromatic carbocycles. The fraction of sp³-hybridized carbons (Fsp3) is 0.471. The molecule has 6 nitrogen and oxygen atoms in total. The van der Waals surface area contributed by atoms with Crippen molar-refractivity contribution < 1.29 is 4.79 Å². The zero-order valence-electron chi connectivity index (χ0n) is 13.6. The molecule has 23 heavy (non-hydrogen) atoms. The average Bonchev–Trinajstić information content (AvgIpc) is 2.93. The molecule has 0 spiro atoms. The van der Waals surface area contributed by atoms with E-state index in [-0.39, 0.29) is 11.8 Å². The van der Waals surface area contributed by atoms with Gasteiger partial charge in [0.2, 0.25) is 5.91 Å². The number of rotatable bonds is 3. The second-order valence-corrected chi connectivity index (χ2v) is 6.62. The molecular formula is C17H23N5O. The first kappa shape index (κ1) is 15.7. The Morgan fingerprint density at radius 3 is 2.96 bits per heavy atom. The minimum atomic E-state index is -0.430. The van der Waals surface area contributed by atoms with Crippen LogP contribution in [0.25, 0.3) is 11.4 Å². The molecule has 1 amide bonds. The van der Waals surface area contributed by atoms with Gasteiger partial charge in [0.1, 0.15) is 5.82 Å². The average molecular weight is 313 g/mol. The van der Waals surface area contributed by atoms with Gasteiger partial charge < -0.3 is 11.1 Å². The number of aromatic amines is 1. The van der Waals surface area contributed by atoms with E-state index in [4.69, 9.17) is 5.73 Å². The lowest BCUT2D eigenvalue weighted by Gasteiger charge is -2.37. The second-order valence-electron chi connectivity index (χ2n) is 6.62. The van der Waals surface area contributed by atoms with Crippen molar-refractivity contribution in [3.8, 4) is 11.4 Å². The van der Waals surface area contributed by atoms with Crippen molar-refractivity contribution >= 4 is 11.6 Å². The standard InChI is InChI=1S/C17H23N5O/c1-11-19-15(22-21-11)12-6-5-7-13(10-12)20-16(23)14-8-3-4-9-17(14,2)18/h5-7,10,14H,3-4,8-9,18H2,1-2H3,(H,20,23)(H,19,21,22). The molecule has 1 heterocycles. The van der Waals surface area contributed by atoms with Gasteiger partial charge in [-0.05, 0) is 38.8 Å². The van der Waals surface area contributed by atoms with Gasteiger partial charge in [-0.25, -0.2) is 4.98 Å². The number of nitrogens with zero attached hydrogens (tertiary/aromatic N) is 2. The van der Waals surface area contributed by atoms with Crippen LogP contribution in [0.1, 0.15) is 38.4 Å². The molecule has 1 aromatic heterocycles. The minimum absolute atomic E-state index is 0.00184. The van der Waals surface area contributed by atoms with Crippen LogP contribution in [0.15, 0.2) is 24.3 Å². The molecule has 0 aliphatic heterocycles. The van der Waals surface area contributed by atoms with E-state index in [1.165, 1.54) is 0 Å². The summed E-state index contributed by atoms with van der Waals surface area (Å²) in [7, 11) is 0. The van der Waals surface area contributed by atoms with Gasteiger partial charge in [0.15, 0.2) is 5.82 Å². The summed E-state index contributed by atoms with van der Waals surface area (Å²) in [6.45, 7) is 3.83. The molecule has 2 unspecified atom stereocenters. The maximum absolute atomic E-state index is 12.6. The van der Waals surface area contributed by atoms with Crippen LogP contribution in [0.3, 0.4) is 0 Å². The zero-order valence-corrected chi connectivity index (χ0v) is 13.6. The molecule has 0 saturated heterocycles. The highest BCUT2D eigenvalue weighted by Gasteiger charge is 2.37. The van der Waals surface area contributed by atoms with Crippen molar-refractivity contribution in [3.05, 3.63) is 30.1 Å². The number of carbonyl (C=O) groups is 1. The third kappa shape index (κ3) is 3.42. The summed E-state index contributed by atoms with van der Waals surface area (Å²) in [5, 5.41) is 9.97. The van der Waals surface area contributed by atoms with Crippen LogP contribution in [0.4, 0.5) is 5.69 Å². The molecule has 0 radical (unpaired) electrons. The molecule has 1 aliphatic rings. The highest BCUT2D eigenvalue weighted by Crippen LogP contribution is 2.32. The van der Waals surface area contributed by atoms with Crippen LogP contribution >= 0.6 is 0 Å². The molecule has 0 bridgehead atoms. The normalized spacial score (nSPS) is 24.4. The Hall–Kier alpha value is -2.21. The van der Waals surface area contributed by atoms with Crippen LogP contribution in [-0.4, -0.2) is 26.6 Å². The van der Waals surface area contributed by atoms with Gasteiger partial charge in [0, 0.05) is 16.8 Å². The van der Waals surface area contributed by atoms with Gasteiger partial charge in [-0.15, -0.1) is 0 Å². The minimum Gasteiger partial charge on any atom is -0.326 e. The number of hydrogen-bond acceptors (Lipinski definition) is 4. The van der Waals surface area contributed by atoms with Crippen molar-refractivity contribution in [2.75, 3.05) is 5.32 Å². The van der Waals surface area contributed by atoms with Crippen LogP contribution < -0.4 is 11.1 Å². The predicted octanol–water partition coefficient (Wildman–Crippen LogP) is 2.63. The molecule has 1 aliphatic carbocycles. The van der Waals surface area contributed by atoms with Crippen LogP contribution in [0.2, 0.25) is 0 Å². The Morgan fingerprint density at radius 2 is 2.26 bits per heavy atom. The molecule has 122 valence electrons. The van der Waals surface area contributed by atoms with E-state index in [1.807, 2.05) is 38.1 Å². The van der Waals surface area contributed by atoms with Gasteiger partial charge in [0.05, 0.1) is 5.92 Å². The third-order valence-corrected chi connectivity index (χ3v) is 4.56. The highest BCUT2D eigenvalue weighted by atomic mass is 16.1. The van der Waals surface area contributed by atoms with Gasteiger partial charge >= 0.3 is 0 Å². The van der Waals surface area contributed by atoms with E-state index >= 15 is 0 Å². The third-order valence-electron chi connectivity index (χ3n) is 4.56. The summed E-state index contributed by atoms with van der Waals surface area (Å²) in [6.07, 6.45) is 3.89. The SMILES string of the molecule is Cc1nc(-c2cccc(NC(=O)C3CCCCC3(C)N)c2)n[nH]1. The Bertz CT molecular complexity index is 707. The first-order valence-corrected chi connectivity index (χ1v) is 8.05. The van der Waals surface area contributed by atoms with E-state index in [9.17, 15) is 4.79 Å². The summed E-state index contributed by atoms with van der Waals surface area (Å²) < 4.78 is 0. The molecule has 6 heteroatoms. The van der Waals surface area contributed by atoms with Gasteiger partial charge in [-0.3, -0.25) is 9.89 Å². The first-order chi connectivity index (χ1) is 11.0. The second kappa shape index (κ2) is 6.12. The van der Waals surface area contributed by atoms with Crippen molar-refractivity contribution in [2.24, 2.45) is 11.7 Å². The molecular weight excluding hydrogens is 290 g/mol. The van der Waals surface area contributed by atoms with Gasteiger partial charge in [-0.1, -0.05) is 25.0 Å². The van der Waals surface area contributed by atoms with Crippen molar-refractivity contribution in [2.45, 2.75) is 45.1 Å². The fourth-order valence-corrected chi connectivity index (χ4v) is 3.23. The first-order valence-electron chi connectivity index (χ1n) is 8.05. The fourth-order valence-electron chi connectivity index (χ4n) is 3.23.